The number of likely N-dealkylation sites (tertiary alicyclic amines) is 1. The van der Waals surface area contributed by atoms with E-state index in [0.717, 1.165) is 67.4 Å². The lowest BCUT2D eigenvalue weighted by molar-refractivity contribution is -0.125. The van der Waals surface area contributed by atoms with Gasteiger partial charge in [-0.15, -0.1) is 0 Å². The van der Waals surface area contributed by atoms with Crippen LogP contribution in [0.4, 0.5) is 0 Å². The van der Waals surface area contributed by atoms with Crippen molar-refractivity contribution in [2.24, 2.45) is 0 Å². The minimum Gasteiger partial charge on any atom is -0.355 e. The molecule has 0 spiro atoms. The molecule has 0 saturated carbocycles. The summed E-state index contributed by atoms with van der Waals surface area (Å²) in [6, 6.07) is 23.7. The molecule has 1 aliphatic carbocycles. The molecule has 2 heterocycles. The lowest BCUT2D eigenvalue weighted by atomic mass is 9.73. The van der Waals surface area contributed by atoms with Gasteiger partial charge in [-0.25, -0.2) is 0 Å². The zero-order chi connectivity index (χ0) is 27.0. The van der Waals surface area contributed by atoms with Crippen LogP contribution in [-0.4, -0.2) is 59.7 Å². The first-order valence-electron chi connectivity index (χ1n) is 14.2. The van der Waals surface area contributed by atoms with E-state index in [0.29, 0.717) is 24.2 Å². The third kappa shape index (κ3) is 4.18. The van der Waals surface area contributed by atoms with Crippen molar-refractivity contribution in [2.45, 2.75) is 50.5 Å². The molecule has 3 aromatic rings. The maximum Gasteiger partial charge on any atom is 0.261 e. The summed E-state index contributed by atoms with van der Waals surface area (Å²) < 4.78 is 0. The van der Waals surface area contributed by atoms with Gasteiger partial charge in [-0.2, -0.15) is 0 Å². The average molecular weight is 522 g/mol. The van der Waals surface area contributed by atoms with Crippen LogP contribution >= 0.6 is 0 Å². The molecular weight excluding hydrogens is 486 g/mol. The highest BCUT2D eigenvalue weighted by atomic mass is 16.2. The monoisotopic (exact) mass is 521 g/mol. The van der Waals surface area contributed by atoms with Crippen molar-refractivity contribution >= 4 is 17.7 Å². The van der Waals surface area contributed by atoms with Crippen LogP contribution in [0.2, 0.25) is 0 Å². The summed E-state index contributed by atoms with van der Waals surface area (Å²) in [7, 11) is 0. The average Bonchev–Trinajstić information content (AvgIpc) is 3.62. The number of fused-ring (bicyclic) bond motifs is 4. The number of nitrogens with one attached hydrogen (secondary N) is 1. The van der Waals surface area contributed by atoms with E-state index in [1.165, 1.54) is 4.90 Å². The minimum absolute atomic E-state index is 0.0860. The Morgan fingerprint density at radius 3 is 2.00 bits per heavy atom. The highest BCUT2D eigenvalue weighted by Crippen LogP contribution is 2.51. The van der Waals surface area contributed by atoms with Crippen LogP contribution in [0.15, 0.2) is 72.8 Å². The van der Waals surface area contributed by atoms with E-state index in [1.807, 2.05) is 36.4 Å². The molecule has 1 N–H and O–H groups in total. The van der Waals surface area contributed by atoms with Gasteiger partial charge in [0.25, 0.3) is 11.8 Å². The molecule has 39 heavy (non-hydrogen) atoms. The SMILES string of the molecule is CCCNC(=O)C1(CCCCN2CCC(N3C(=O)c4ccccc4C3=O)C2)c2ccccc2-c2ccccc21. The standard InChI is InChI=1S/C33H35N3O3/c1-2-19-34-32(39)33(28-15-7-5-11-24(28)25-12-6-8-16-29(25)33)18-9-10-20-35-21-17-23(22-35)36-30(37)26-13-3-4-14-27(26)31(36)38/h3-8,11-16,23H,2,9-10,17-22H2,1H3,(H,34,39). The molecule has 3 aliphatic rings. The van der Waals surface area contributed by atoms with Crippen LogP contribution in [0.3, 0.4) is 0 Å². The summed E-state index contributed by atoms with van der Waals surface area (Å²) >= 11 is 0. The van der Waals surface area contributed by atoms with Gasteiger partial charge in [0.1, 0.15) is 5.41 Å². The first-order valence-corrected chi connectivity index (χ1v) is 14.2. The van der Waals surface area contributed by atoms with Gasteiger partial charge in [0.2, 0.25) is 5.91 Å². The highest BCUT2D eigenvalue weighted by Gasteiger charge is 2.48. The number of hydrogen-bond donors (Lipinski definition) is 1. The molecule has 6 rings (SSSR count). The Bertz CT molecular complexity index is 1350. The molecule has 3 amide bonds. The topological polar surface area (TPSA) is 69.7 Å². The molecule has 6 nitrogen and oxygen atoms in total. The van der Waals surface area contributed by atoms with E-state index in [2.05, 4.69) is 41.4 Å². The first kappa shape index (κ1) is 25.5. The summed E-state index contributed by atoms with van der Waals surface area (Å²) in [6.07, 6.45) is 4.29. The van der Waals surface area contributed by atoms with E-state index >= 15 is 0 Å². The normalized spacial score (nSPS) is 19.2. The van der Waals surface area contributed by atoms with Crippen molar-refractivity contribution in [3.63, 3.8) is 0 Å². The van der Waals surface area contributed by atoms with Crippen molar-refractivity contribution in [2.75, 3.05) is 26.2 Å². The Morgan fingerprint density at radius 2 is 1.41 bits per heavy atom. The highest BCUT2D eigenvalue weighted by molar-refractivity contribution is 6.21. The summed E-state index contributed by atoms with van der Waals surface area (Å²) in [5, 5.41) is 3.21. The summed E-state index contributed by atoms with van der Waals surface area (Å²) in [5.74, 6) is -0.240. The lowest BCUT2D eigenvalue weighted by Crippen LogP contribution is -2.44. The number of nitrogens with zero attached hydrogens (tertiary/aromatic N) is 2. The van der Waals surface area contributed by atoms with E-state index in [4.69, 9.17) is 0 Å². The van der Waals surface area contributed by atoms with Crippen LogP contribution in [0, 0.1) is 0 Å². The zero-order valence-corrected chi connectivity index (χ0v) is 22.5. The fourth-order valence-electron chi connectivity index (χ4n) is 6.83. The van der Waals surface area contributed by atoms with Gasteiger partial charge in [0, 0.05) is 19.6 Å². The van der Waals surface area contributed by atoms with Crippen LogP contribution in [0.1, 0.15) is 70.9 Å². The molecule has 0 aromatic heterocycles. The van der Waals surface area contributed by atoms with Gasteiger partial charge in [0.15, 0.2) is 0 Å². The number of benzene rings is 3. The summed E-state index contributed by atoms with van der Waals surface area (Å²) in [4.78, 5) is 43.6. The van der Waals surface area contributed by atoms with Gasteiger partial charge >= 0.3 is 0 Å². The summed E-state index contributed by atoms with van der Waals surface area (Å²) in [5.41, 5.74) is 4.87. The van der Waals surface area contributed by atoms with Gasteiger partial charge in [0.05, 0.1) is 17.2 Å². The second-order valence-electron chi connectivity index (χ2n) is 11.0. The van der Waals surface area contributed by atoms with Crippen molar-refractivity contribution in [1.29, 1.82) is 0 Å². The van der Waals surface area contributed by atoms with E-state index < -0.39 is 5.41 Å². The van der Waals surface area contributed by atoms with Crippen molar-refractivity contribution in [3.05, 3.63) is 95.1 Å². The molecule has 3 aromatic carbocycles. The van der Waals surface area contributed by atoms with E-state index in [1.54, 1.807) is 12.1 Å². The Hall–Kier alpha value is -3.77. The molecule has 0 radical (unpaired) electrons. The molecule has 200 valence electrons. The third-order valence-electron chi connectivity index (χ3n) is 8.70. The molecule has 1 atom stereocenters. The fraction of sp³-hybridized carbons (Fsp3) is 0.364. The number of amides is 3. The number of carbonyl (C=O) groups is 3. The summed E-state index contributed by atoms with van der Waals surface area (Å²) in [6.45, 7) is 5.20. The van der Waals surface area contributed by atoms with Gasteiger partial charge < -0.3 is 10.2 Å². The van der Waals surface area contributed by atoms with Gasteiger partial charge in [-0.1, -0.05) is 74.0 Å². The molecular formula is C33H35N3O3. The number of carbonyl (C=O) groups excluding carboxylic acids is 3. The quantitative estimate of drug-likeness (QED) is 0.317. The predicted molar refractivity (Wildman–Crippen MR) is 152 cm³/mol. The van der Waals surface area contributed by atoms with Crippen LogP contribution < -0.4 is 5.32 Å². The van der Waals surface area contributed by atoms with Crippen LogP contribution in [-0.2, 0) is 10.2 Å². The Kier molecular flexibility index (Phi) is 6.81. The second-order valence-corrected chi connectivity index (χ2v) is 11.0. The largest absolute Gasteiger partial charge is 0.355 e. The Morgan fingerprint density at radius 1 is 0.846 bits per heavy atom. The number of hydrogen-bond acceptors (Lipinski definition) is 4. The van der Waals surface area contributed by atoms with Gasteiger partial charge in [-0.3, -0.25) is 19.3 Å². The second kappa shape index (κ2) is 10.4. The predicted octanol–water partition coefficient (Wildman–Crippen LogP) is 5.02. The van der Waals surface area contributed by atoms with Gasteiger partial charge in [-0.05, 0) is 66.6 Å². The Balaban J connectivity index is 1.14. The number of imide groups is 1. The maximum atomic E-state index is 13.9. The lowest BCUT2D eigenvalue weighted by Gasteiger charge is -2.31. The van der Waals surface area contributed by atoms with Crippen molar-refractivity contribution in [1.82, 2.24) is 15.1 Å². The molecule has 1 unspecified atom stereocenters. The molecule has 1 saturated heterocycles. The third-order valence-corrected chi connectivity index (χ3v) is 8.70. The first-order chi connectivity index (χ1) is 19.1. The Labute approximate surface area is 230 Å². The smallest absolute Gasteiger partial charge is 0.261 e. The number of rotatable bonds is 9. The number of unbranched alkanes of at least 4 members (excludes halogenated alkanes) is 1. The minimum atomic E-state index is -0.684. The zero-order valence-electron chi connectivity index (χ0n) is 22.5. The van der Waals surface area contributed by atoms with E-state index in [9.17, 15) is 14.4 Å². The molecule has 2 aliphatic heterocycles. The molecule has 6 heteroatoms. The van der Waals surface area contributed by atoms with Crippen LogP contribution in [0.25, 0.3) is 11.1 Å². The fourth-order valence-corrected chi connectivity index (χ4v) is 6.83. The van der Waals surface area contributed by atoms with Crippen LogP contribution in [0.5, 0.6) is 0 Å². The molecule has 0 bridgehead atoms. The van der Waals surface area contributed by atoms with E-state index in [-0.39, 0.29) is 23.8 Å². The van der Waals surface area contributed by atoms with Crippen molar-refractivity contribution in [3.8, 4) is 11.1 Å². The molecule has 1 fully saturated rings. The maximum absolute atomic E-state index is 13.9. The van der Waals surface area contributed by atoms with Crippen molar-refractivity contribution < 1.29 is 14.4 Å².